The quantitative estimate of drug-likeness (QED) is 0.844. The van der Waals surface area contributed by atoms with Crippen molar-refractivity contribution in [1.29, 1.82) is 0 Å². The van der Waals surface area contributed by atoms with Crippen LogP contribution in [-0.2, 0) is 0 Å². The molecule has 0 spiro atoms. The molecule has 1 aromatic carbocycles. The summed E-state index contributed by atoms with van der Waals surface area (Å²) in [5.41, 5.74) is 2.23. The van der Waals surface area contributed by atoms with Gasteiger partial charge in [0.25, 0.3) is 5.91 Å². The number of para-hydroxylation sites is 1. The van der Waals surface area contributed by atoms with Gasteiger partial charge in [0.1, 0.15) is 0 Å². The summed E-state index contributed by atoms with van der Waals surface area (Å²) in [7, 11) is 1.74. The molecule has 0 bridgehead atoms. The third kappa shape index (κ3) is 2.47. The van der Waals surface area contributed by atoms with E-state index in [9.17, 15) is 4.79 Å². The lowest BCUT2D eigenvalue weighted by atomic mass is 10.2. The number of hydrogen-bond donors (Lipinski definition) is 0. The number of carbonyl (C=O) groups excluding carboxylic acids is 1. The van der Waals surface area contributed by atoms with Gasteiger partial charge in [0.05, 0.1) is 5.69 Å². The van der Waals surface area contributed by atoms with Gasteiger partial charge in [-0.25, -0.2) is 0 Å². The summed E-state index contributed by atoms with van der Waals surface area (Å²) < 4.78 is 0. The monoisotopic (exact) mass is 253 g/mol. The third-order valence-corrected chi connectivity index (χ3v) is 3.35. The number of anilines is 1. The number of rotatable bonds is 3. The van der Waals surface area contributed by atoms with Crippen LogP contribution < -0.4 is 4.90 Å². The minimum Gasteiger partial charge on any atom is -0.310 e. The van der Waals surface area contributed by atoms with E-state index in [0.29, 0.717) is 11.6 Å². The lowest BCUT2D eigenvalue weighted by Crippen LogP contribution is -2.27. The average Bonchev–Trinajstić information content (AvgIpc) is 3.31. The van der Waals surface area contributed by atoms with Crippen LogP contribution >= 0.6 is 0 Å². The molecule has 0 radical (unpaired) electrons. The van der Waals surface area contributed by atoms with E-state index in [1.54, 1.807) is 18.0 Å². The first kappa shape index (κ1) is 11.8. The Balaban J connectivity index is 1.79. The smallest absolute Gasteiger partial charge is 0.278 e. The summed E-state index contributed by atoms with van der Waals surface area (Å²) in [4.78, 5) is 13.8. The summed E-state index contributed by atoms with van der Waals surface area (Å²) in [5.74, 6) is 0.421. The summed E-state index contributed by atoms with van der Waals surface area (Å²) in [6, 6.07) is 13.2. The highest BCUT2D eigenvalue weighted by Gasteiger charge is 2.25. The summed E-state index contributed by atoms with van der Waals surface area (Å²) >= 11 is 0. The molecule has 1 aromatic heterocycles. The van der Waals surface area contributed by atoms with E-state index in [0.717, 1.165) is 11.4 Å². The molecule has 2 aromatic rings. The van der Waals surface area contributed by atoms with E-state index in [2.05, 4.69) is 10.2 Å². The van der Waals surface area contributed by atoms with Crippen LogP contribution in [0.15, 0.2) is 42.5 Å². The molecule has 19 heavy (non-hydrogen) atoms. The molecule has 4 nitrogen and oxygen atoms in total. The van der Waals surface area contributed by atoms with Gasteiger partial charge in [0.2, 0.25) is 0 Å². The topological polar surface area (TPSA) is 46.1 Å². The summed E-state index contributed by atoms with van der Waals surface area (Å²) in [6.07, 6.45) is 2.37. The Bertz CT molecular complexity index is 576. The first-order valence-electron chi connectivity index (χ1n) is 6.42. The zero-order chi connectivity index (χ0) is 13.2. The van der Waals surface area contributed by atoms with Gasteiger partial charge in [0.15, 0.2) is 5.69 Å². The average molecular weight is 253 g/mol. The van der Waals surface area contributed by atoms with Crippen molar-refractivity contribution in [3.05, 3.63) is 53.9 Å². The number of hydrogen-bond acceptors (Lipinski definition) is 3. The maximum atomic E-state index is 12.3. The molecule has 1 fully saturated rings. The predicted molar refractivity (Wildman–Crippen MR) is 73.2 cm³/mol. The van der Waals surface area contributed by atoms with Gasteiger partial charge in [-0.1, -0.05) is 18.2 Å². The van der Waals surface area contributed by atoms with Crippen molar-refractivity contribution in [2.45, 2.75) is 18.8 Å². The number of amides is 1. The van der Waals surface area contributed by atoms with Crippen LogP contribution in [-0.4, -0.2) is 23.2 Å². The van der Waals surface area contributed by atoms with Crippen LogP contribution in [0.1, 0.15) is 34.9 Å². The lowest BCUT2D eigenvalue weighted by Gasteiger charge is -2.16. The fourth-order valence-corrected chi connectivity index (χ4v) is 1.99. The SMILES string of the molecule is CN(C(=O)c1ccc(C2CC2)nn1)c1ccccc1. The highest BCUT2D eigenvalue weighted by molar-refractivity contribution is 6.04. The first-order chi connectivity index (χ1) is 9.25. The van der Waals surface area contributed by atoms with Crippen molar-refractivity contribution in [1.82, 2.24) is 10.2 Å². The van der Waals surface area contributed by atoms with Crippen molar-refractivity contribution in [3.63, 3.8) is 0 Å². The fourth-order valence-electron chi connectivity index (χ4n) is 1.99. The van der Waals surface area contributed by atoms with Crippen LogP contribution in [0.3, 0.4) is 0 Å². The second kappa shape index (κ2) is 4.80. The second-order valence-electron chi connectivity index (χ2n) is 4.82. The molecular weight excluding hydrogens is 238 g/mol. The number of nitrogens with zero attached hydrogens (tertiary/aromatic N) is 3. The fraction of sp³-hybridized carbons (Fsp3) is 0.267. The largest absolute Gasteiger partial charge is 0.310 e. The van der Waals surface area contributed by atoms with Crippen LogP contribution in [0.2, 0.25) is 0 Å². The Morgan fingerprint density at radius 1 is 1.11 bits per heavy atom. The van der Waals surface area contributed by atoms with Gasteiger partial charge >= 0.3 is 0 Å². The number of carbonyl (C=O) groups is 1. The van der Waals surface area contributed by atoms with E-state index in [1.165, 1.54) is 12.8 Å². The molecule has 0 N–H and O–H groups in total. The molecule has 0 aliphatic heterocycles. The van der Waals surface area contributed by atoms with Crippen LogP contribution in [0.4, 0.5) is 5.69 Å². The Labute approximate surface area is 112 Å². The number of aromatic nitrogens is 2. The van der Waals surface area contributed by atoms with Crippen molar-refractivity contribution in [2.75, 3.05) is 11.9 Å². The van der Waals surface area contributed by atoms with E-state index >= 15 is 0 Å². The van der Waals surface area contributed by atoms with E-state index in [1.807, 2.05) is 36.4 Å². The Morgan fingerprint density at radius 2 is 1.84 bits per heavy atom. The van der Waals surface area contributed by atoms with Crippen LogP contribution in [0, 0.1) is 0 Å². The minimum atomic E-state index is -0.138. The van der Waals surface area contributed by atoms with Crippen molar-refractivity contribution >= 4 is 11.6 Å². The van der Waals surface area contributed by atoms with Gasteiger partial charge in [-0.2, -0.15) is 5.10 Å². The molecule has 1 aliphatic rings. The van der Waals surface area contributed by atoms with Gasteiger partial charge in [-0.3, -0.25) is 4.79 Å². The predicted octanol–water partition coefficient (Wildman–Crippen LogP) is 2.63. The Kier molecular flexibility index (Phi) is 2.99. The molecule has 4 heteroatoms. The Hall–Kier alpha value is -2.23. The minimum absolute atomic E-state index is 0.138. The first-order valence-corrected chi connectivity index (χ1v) is 6.42. The van der Waals surface area contributed by atoms with Gasteiger partial charge in [-0.05, 0) is 37.1 Å². The third-order valence-electron chi connectivity index (χ3n) is 3.35. The van der Waals surface area contributed by atoms with Crippen LogP contribution in [0.5, 0.6) is 0 Å². The molecule has 0 saturated heterocycles. The summed E-state index contributed by atoms with van der Waals surface area (Å²) in [6.45, 7) is 0. The maximum absolute atomic E-state index is 12.3. The molecular formula is C15H15N3O. The van der Waals surface area contributed by atoms with Crippen LogP contribution in [0.25, 0.3) is 0 Å². The molecule has 3 rings (SSSR count). The van der Waals surface area contributed by atoms with E-state index in [-0.39, 0.29) is 5.91 Å². The van der Waals surface area contributed by atoms with E-state index < -0.39 is 0 Å². The van der Waals surface area contributed by atoms with E-state index in [4.69, 9.17) is 0 Å². The van der Waals surface area contributed by atoms with Gasteiger partial charge in [-0.15, -0.1) is 5.10 Å². The number of benzene rings is 1. The zero-order valence-electron chi connectivity index (χ0n) is 10.8. The highest BCUT2D eigenvalue weighted by atomic mass is 16.2. The van der Waals surface area contributed by atoms with Crippen molar-refractivity contribution in [2.24, 2.45) is 0 Å². The van der Waals surface area contributed by atoms with Crippen molar-refractivity contribution in [3.8, 4) is 0 Å². The molecule has 1 saturated carbocycles. The zero-order valence-corrected chi connectivity index (χ0v) is 10.8. The van der Waals surface area contributed by atoms with Crippen molar-refractivity contribution < 1.29 is 4.79 Å². The Morgan fingerprint density at radius 3 is 2.42 bits per heavy atom. The maximum Gasteiger partial charge on any atom is 0.278 e. The molecule has 1 heterocycles. The van der Waals surface area contributed by atoms with Gasteiger partial charge < -0.3 is 4.90 Å². The molecule has 96 valence electrons. The second-order valence-corrected chi connectivity index (χ2v) is 4.82. The van der Waals surface area contributed by atoms with Gasteiger partial charge in [0, 0.05) is 18.7 Å². The molecule has 1 amide bonds. The normalized spacial score (nSPS) is 14.2. The molecule has 1 aliphatic carbocycles. The summed E-state index contributed by atoms with van der Waals surface area (Å²) in [5, 5.41) is 8.19. The molecule has 0 atom stereocenters. The molecule has 0 unspecified atom stereocenters. The standard InChI is InChI=1S/C15H15N3O/c1-18(12-5-3-2-4-6-12)15(19)14-10-9-13(16-17-14)11-7-8-11/h2-6,9-11H,7-8H2,1H3. The lowest BCUT2D eigenvalue weighted by molar-refractivity contribution is 0.0987. The highest BCUT2D eigenvalue weighted by Crippen LogP contribution is 2.38.